The molecule has 1 aliphatic heterocycles. The van der Waals surface area contributed by atoms with Gasteiger partial charge in [-0.25, -0.2) is 0 Å². The van der Waals surface area contributed by atoms with Gasteiger partial charge in [0.15, 0.2) is 0 Å². The van der Waals surface area contributed by atoms with Crippen LogP contribution >= 0.6 is 15.9 Å². The SMILES string of the molecule is CC(C)(CNC(=O)c1cc2ccc(Br)cc2[nH]1)N1CCOCC1. The maximum absolute atomic E-state index is 12.4. The van der Waals surface area contributed by atoms with Crippen molar-refractivity contribution < 1.29 is 9.53 Å². The molecule has 1 aromatic carbocycles. The van der Waals surface area contributed by atoms with E-state index in [-0.39, 0.29) is 11.4 Å². The number of amides is 1. The second-order valence-electron chi connectivity index (χ2n) is 6.51. The quantitative estimate of drug-likeness (QED) is 0.858. The summed E-state index contributed by atoms with van der Waals surface area (Å²) in [5, 5.41) is 4.08. The number of nitrogens with zero attached hydrogens (tertiary/aromatic N) is 1. The molecule has 2 aromatic rings. The highest BCUT2D eigenvalue weighted by Crippen LogP contribution is 2.20. The molecule has 1 aliphatic rings. The molecule has 1 amide bonds. The van der Waals surface area contributed by atoms with Crippen molar-refractivity contribution in [3.63, 3.8) is 0 Å². The summed E-state index contributed by atoms with van der Waals surface area (Å²) in [5.74, 6) is -0.0707. The zero-order valence-corrected chi connectivity index (χ0v) is 15.1. The van der Waals surface area contributed by atoms with Crippen molar-refractivity contribution in [1.29, 1.82) is 0 Å². The number of fused-ring (bicyclic) bond motifs is 1. The van der Waals surface area contributed by atoms with Crippen LogP contribution < -0.4 is 5.32 Å². The van der Waals surface area contributed by atoms with Gasteiger partial charge >= 0.3 is 0 Å². The molecule has 6 heteroatoms. The van der Waals surface area contributed by atoms with Crippen LogP contribution in [0.3, 0.4) is 0 Å². The van der Waals surface area contributed by atoms with Crippen LogP contribution in [0.25, 0.3) is 10.9 Å². The summed E-state index contributed by atoms with van der Waals surface area (Å²) in [6, 6.07) is 7.83. The van der Waals surface area contributed by atoms with Crippen LogP contribution in [0.5, 0.6) is 0 Å². The molecule has 0 atom stereocenters. The summed E-state index contributed by atoms with van der Waals surface area (Å²) in [6.07, 6.45) is 0. The normalized spacial score (nSPS) is 16.7. The molecule has 1 saturated heterocycles. The van der Waals surface area contributed by atoms with Gasteiger partial charge in [-0.2, -0.15) is 0 Å². The molecule has 3 rings (SSSR count). The lowest BCUT2D eigenvalue weighted by atomic mass is 10.0. The highest BCUT2D eigenvalue weighted by Gasteiger charge is 2.28. The molecule has 0 aliphatic carbocycles. The van der Waals surface area contributed by atoms with E-state index in [1.165, 1.54) is 0 Å². The van der Waals surface area contributed by atoms with Crippen LogP contribution in [0, 0.1) is 0 Å². The first-order valence-corrected chi connectivity index (χ1v) is 8.64. The predicted octanol–water partition coefficient (Wildman–Crippen LogP) is 2.77. The Kier molecular flexibility index (Phi) is 4.75. The van der Waals surface area contributed by atoms with E-state index in [4.69, 9.17) is 4.74 Å². The molecule has 0 spiro atoms. The van der Waals surface area contributed by atoms with E-state index in [9.17, 15) is 4.79 Å². The molecule has 2 heterocycles. The number of halogens is 1. The minimum atomic E-state index is -0.0888. The maximum Gasteiger partial charge on any atom is 0.267 e. The third-order valence-electron chi connectivity index (χ3n) is 4.38. The number of carbonyl (C=O) groups excluding carboxylic acids is 1. The number of aromatic amines is 1. The van der Waals surface area contributed by atoms with Gasteiger partial charge in [-0.15, -0.1) is 0 Å². The Bertz CT molecular complexity index is 705. The lowest BCUT2D eigenvalue weighted by Crippen LogP contribution is -2.55. The molecule has 0 bridgehead atoms. The molecular weight excluding hydrogens is 358 g/mol. The number of morpholine rings is 1. The first kappa shape index (κ1) is 16.5. The van der Waals surface area contributed by atoms with E-state index in [0.29, 0.717) is 12.2 Å². The van der Waals surface area contributed by atoms with Crippen LogP contribution in [-0.4, -0.2) is 54.2 Å². The van der Waals surface area contributed by atoms with E-state index >= 15 is 0 Å². The third-order valence-corrected chi connectivity index (χ3v) is 4.87. The minimum absolute atomic E-state index is 0.0707. The van der Waals surface area contributed by atoms with Gasteiger partial charge in [0, 0.05) is 40.5 Å². The van der Waals surface area contributed by atoms with Gasteiger partial charge < -0.3 is 15.0 Å². The fourth-order valence-electron chi connectivity index (χ4n) is 2.89. The number of hydrogen-bond acceptors (Lipinski definition) is 3. The molecule has 5 nitrogen and oxygen atoms in total. The number of ether oxygens (including phenoxy) is 1. The summed E-state index contributed by atoms with van der Waals surface area (Å²) in [7, 11) is 0. The average Bonchev–Trinajstić information content (AvgIpc) is 2.96. The predicted molar refractivity (Wildman–Crippen MR) is 94.8 cm³/mol. The standard InChI is InChI=1S/C17H22BrN3O2/c1-17(2,21-5-7-23-8-6-21)11-19-16(22)15-9-12-3-4-13(18)10-14(12)20-15/h3-4,9-10,20H,5-8,11H2,1-2H3,(H,19,22). The molecular formula is C17H22BrN3O2. The van der Waals surface area contributed by atoms with Crippen molar-refractivity contribution >= 4 is 32.7 Å². The van der Waals surface area contributed by atoms with Gasteiger partial charge in [-0.05, 0) is 32.0 Å². The minimum Gasteiger partial charge on any atom is -0.379 e. The van der Waals surface area contributed by atoms with Crippen LogP contribution in [0.15, 0.2) is 28.7 Å². The van der Waals surface area contributed by atoms with Gasteiger partial charge in [0.05, 0.1) is 13.2 Å². The fraction of sp³-hybridized carbons (Fsp3) is 0.471. The van der Waals surface area contributed by atoms with Crippen LogP contribution in [0.2, 0.25) is 0 Å². The molecule has 1 aromatic heterocycles. The number of aromatic nitrogens is 1. The number of benzene rings is 1. The van der Waals surface area contributed by atoms with Gasteiger partial charge in [0.25, 0.3) is 5.91 Å². The Morgan fingerprint density at radius 3 is 2.83 bits per heavy atom. The molecule has 23 heavy (non-hydrogen) atoms. The number of H-pyrrole nitrogens is 1. The highest BCUT2D eigenvalue weighted by atomic mass is 79.9. The first-order chi connectivity index (χ1) is 11.0. The summed E-state index contributed by atoms with van der Waals surface area (Å²) < 4.78 is 6.39. The number of hydrogen-bond donors (Lipinski definition) is 2. The van der Waals surface area contributed by atoms with Gasteiger partial charge in [0.1, 0.15) is 5.69 Å². The molecule has 1 fully saturated rings. The molecule has 0 saturated carbocycles. The Morgan fingerprint density at radius 1 is 1.35 bits per heavy atom. The molecule has 0 radical (unpaired) electrons. The van der Waals surface area contributed by atoms with E-state index < -0.39 is 0 Å². The maximum atomic E-state index is 12.4. The Balaban J connectivity index is 1.65. The molecule has 124 valence electrons. The van der Waals surface area contributed by atoms with Crippen LogP contribution in [0.1, 0.15) is 24.3 Å². The van der Waals surface area contributed by atoms with Crippen molar-refractivity contribution in [1.82, 2.24) is 15.2 Å². The zero-order valence-electron chi connectivity index (χ0n) is 13.5. The van der Waals surface area contributed by atoms with Crippen molar-refractivity contribution in [3.8, 4) is 0 Å². The molecule has 0 unspecified atom stereocenters. The van der Waals surface area contributed by atoms with Crippen LogP contribution in [0.4, 0.5) is 0 Å². The summed E-state index contributed by atoms with van der Waals surface area (Å²) >= 11 is 3.44. The Morgan fingerprint density at radius 2 is 2.09 bits per heavy atom. The monoisotopic (exact) mass is 379 g/mol. The number of nitrogens with one attached hydrogen (secondary N) is 2. The van der Waals surface area contributed by atoms with Crippen molar-refractivity contribution in [2.75, 3.05) is 32.8 Å². The number of carbonyl (C=O) groups is 1. The lowest BCUT2D eigenvalue weighted by molar-refractivity contribution is -0.00924. The smallest absolute Gasteiger partial charge is 0.267 e. The van der Waals surface area contributed by atoms with Crippen molar-refractivity contribution in [2.45, 2.75) is 19.4 Å². The van der Waals surface area contributed by atoms with Crippen molar-refractivity contribution in [3.05, 3.63) is 34.4 Å². The summed E-state index contributed by atoms with van der Waals surface area (Å²) in [5.41, 5.74) is 1.46. The Hall–Kier alpha value is -1.37. The third kappa shape index (κ3) is 3.76. The topological polar surface area (TPSA) is 57.4 Å². The first-order valence-electron chi connectivity index (χ1n) is 7.85. The largest absolute Gasteiger partial charge is 0.379 e. The second-order valence-corrected chi connectivity index (χ2v) is 7.42. The van der Waals surface area contributed by atoms with E-state index in [1.807, 2.05) is 24.3 Å². The van der Waals surface area contributed by atoms with E-state index in [2.05, 4.69) is 45.0 Å². The van der Waals surface area contributed by atoms with Gasteiger partial charge in [0.2, 0.25) is 0 Å². The van der Waals surface area contributed by atoms with Gasteiger partial charge in [-0.3, -0.25) is 9.69 Å². The highest BCUT2D eigenvalue weighted by molar-refractivity contribution is 9.10. The summed E-state index contributed by atoms with van der Waals surface area (Å²) in [4.78, 5) is 18.0. The lowest BCUT2D eigenvalue weighted by Gasteiger charge is -2.40. The van der Waals surface area contributed by atoms with Crippen LogP contribution in [-0.2, 0) is 4.74 Å². The number of rotatable bonds is 4. The van der Waals surface area contributed by atoms with E-state index in [0.717, 1.165) is 41.7 Å². The second kappa shape index (κ2) is 6.63. The zero-order chi connectivity index (χ0) is 16.4. The van der Waals surface area contributed by atoms with E-state index in [1.54, 1.807) is 0 Å². The fourth-order valence-corrected chi connectivity index (χ4v) is 3.25. The van der Waals surface area contributed by atoms with Crippen molar-refractivity contribution in [2.24, 2.45) is 0 Å². The Labute approximate surface area is 144 Å². The van der Waals surface area contributed by atoms with Gasteiger partial charge in [-0.1, -0.05) is 22.0 Å². The average molecular weight is 380 g/mol. The molecule has 2 N–H and O–H groups in total. The summed E-state index contributed by atoms with van der Waals surface area (Å²) in [6.45, 7) is 8.24.